The van der Waals surface area contributed by atoms with Crippen LogP contribution in [0.25, 0.3) is 0 Å². The third-order valence-corrected chi connectivity index (χ3v) is 15.6. The number of hydrogen-bond acceptors (Lipinski definition) is 20. The average molecular weight is 1120 g/mol. The van der Waals surface area contributed by atoms with E-state index in [1.54, 1.807) is 20.8 Å². The smallest absolute Gasteiger partial charge is 0.322 e. The monoisotopic (exact) mass is 1120 g/mol. The van der Waals surface area contributed by atoms with Gasteiger partial charge in [-0.2, -0.15) is 0 Å². The summed E-state index contributed by atoms with van der Waals surface area (Å²) in [6.07, 6.45) is -1.96. The van der Waals surface area contributed by atoms with Crippen molar-refractivity contribution in [1.82, 2.24) is 25.3 Å². The molecule has 6 aliphatic rings. The molecule has 0 bridgehead atoms. The van der Waals surface area contributed by atoms with E-state index >= 15 is 0 Å². The number of urea groups is 1. The van der Waals surface area contributed by atoms with E-state index < -0.39 is 162 Å². The number of ether oxygens (including phenoxy) is 5. The van der Waals surface area contributed by atoms with Gasteiger partial charge in [0.25, 0.3) is 17.7 Å². The Labute approximate surface area is 459 Å². The number of methoxy groups -OCH3 is 1. The molecule has 10 N–H and O–H groups in total. The van der Waals surface area contributed by atoms with Crippen molar-refractivity contribution in [2.45, 2.75) is 146 Å². The normalized spacial score (nSPS) is 25.7. The SMILES string of the molecule is CO[C@H]1OCCN2[C@@H]1O[C@@H]1[C@H](C)O[C@@H](O[C@H]3C[C@](O)(C(C)=O)Cc4c(O)c5c(c(O)c43)C(=O)c3c(NC(=O)CNC(=O)C(CCCN)N(C(N)=O)C(=O)C(NC(=O)CCCCCN4C(=O)C=CC4=O)C(C)C)cccc3C5=O)C[C@@H]12. The number of carbonyl (C=O) groups is 10. The molecule has 0 spiro atoms. The third-order valence-electron chi connectivity index (χ3n) is 15.6. The molecule has 3 fully saturated rings. The fourth-order valence-corrected chi connectivity index (χ4v) is 11.4. The van der Waals surface area contributed by atoms with Crippen LogP contribution in [0, 0.1) is 5.92 Å². The number of nitrogens with one attached hydrogen (secondary N) is 3. The number of imide groups is 2. The zero-order chi connectivity index (χ0) is 58.1. The number of nitrogens with zero attached hydrogens (tertiary/aromatic N) is 3. The molecule has 4 aliphatic heterocycles. The van der Waals surface area contributed by atoms with Crippen LogP contribution in [0.1, 0.15) is 128 Å². The lowest BCUT2D eigenvalue weighted by Gasteiger charge is -2.43. The number of phenols is 2. The molecule has 2 aromatic carbocycles. The van der Waals surface area contributed by atoms with Crippen LogP contribution in [-0.4, -0.2) is 183 Å². The molecule has 2 aliphatic carbocycles. The van der Waals surface area contributed by atoms with Crippen molar-refractivity contribution in [2.24, 2.45) is 17.4 Å². The first-order chi connectivity index (χ1) is 38.0. The molecule has 26 nitrogen and oxygen atoms in total. The van der Waals surface area contributed by atoms with E-state index in [4.69, 9.17) is 35.2 Å². The number of morpholine rings is 1. The number of aromatic hydroxyl groups is 2. The second-order valence-corrected chi connectivity index (χ2v) is 21.1. The van der Waals surface area contributed by atoms with Crippen molar-refractivity contribution in [2.75, 3.05) is 45.2 Å². The fourth-order valence-electron chi connectivity index (χ4n) is 11.4. The second-order valence-electron chi connectivity index (χ2n) is 21.1. The van der Waals surface area contributed by atoms with Crippen LogP contribution < -0.4 is 27.4 Å². The van der Waals surface area contributed by atoms with Gasteiger partial charge in [0.15, 0.2) is 36.2 Å². The number of fused-ring (bicyclic) bond motifs is 6. The summed E-state index contributed by atoms with van der Waals surface area (Å²) >= 11 is 0. The zero-order valence-electron chi connectivity index (χ0n) is 45.0. The summed E-state index contributed by atoms with van der Waals surface area (Å²) in [4.78, 5) is 138. The molecule has 4 heterocycles. The van der Waals surface area contributed by atoms with Crippen LogP contribution in [0.4, 0.5) is 10.5 Å². The topological polar surface area (TPSA) is 375 Å². The van der Waals surface area contributed by atoms with E-state index in [1.807, 2.05) is 0 Å². The van der Waals surface area contributed by atoms with Crippen LogP contribution >= 0.6 is 0 Å². The van der Waals surface area contributed by atoms with Crippen molar-refractivity contribution in [3.05, 3.63) is 63.7 Å². The van der Waals surface area contributed by atoms with Crippen molar-refractivity contribution < 1.29 is 86.9 Å². The number of aliphatic hydroxyl groups is 1. The van der Waals surface area contributed by atoms with E-state index in [-0.39, 0.29) is 72.8 Å². The van der Waals surface area contributed by atoms with Gasteiger partial charge in [-0.15, -0.1) is 0 Å². The lowest BCUT2D eigenvalue weighted by molar-refractivity contribution is -0.256. The molecule has 8 rings (SSSR count). The second kappa shape index (κ2) is 24.4. The van der Waals surface area contributed by atoms with Gasteiger partial charge in [-0.25, -0.2) is 4.79 Å². The molecule has 26 heteroatoms. The van der Waals surface area contributed by atoms with Gasteiger partial charge in [0.2, 0.25) is 17.7 Å². The van der Waals surface area contributed by atoms with E-state index in [0.717, 1.165) is 11.8 Å². The van der Waals surface area contributed by atoms with Gasteiger partial charge in [0.1, 0.15) is 35.3 Å². The van der Waals surface area contributed by atoms with Crippen molar-refractivity contribution >= 4 is 64.5 Å². The molecule has 80 heavy (non-hydrogen) atoms. The summed E-state index contributed by atoms with van der Waals surface area (Å²) in [7, 11) is 1.51. The number of carbonyl (C=O) groups excluding carboxylic acids is 10. The number of Topliss-reactive ketones (excluding diaryl/α,β-unsaturated/α-hetero) is 1. The lowest BCUT2D eigenvalue weighted by atomic mass is 9.72. The molecule has 0 aromatic heterocycles. The molecule has 3 saturated heterocycles. The first-order valence-electron chi connectivity index (χ1n) is 26.7. The van der Waals surface area contributed by atoms with Gasteiger partial charge in [0, 0.05) is 80.8 Å². The van der Waals surface area contributed by atoms with Gasteiger partial charge in [0.05, 0.1) is 47.7 Å². The molecule has 2 unspecified atom stereocenters. The summed E-state index contributed by atoms with van der Waals surface area (Å²) in [5.74, 6) is -9.20. The Morgan fingerprint density at radius 3 is 2.31 bits per heavy atom. The Hall–Kier alpha value is -7.04. The minimum atomic E-state index is -2.15. The standard InChI is InChI=1S/C54H68N8O18/c1-25(2)43(59-34(64)14-7-6-8-18-61-36(66)15-16-37(61)67)50(73)62(53(56)74)31(13-10-17-55)49(72)57-24-35(65)58-30-12-9-11-28-39(30)46(70)42-41(44(28)68)45(69)29-22-54(75,27(4)63)23-33(40(29)47(42)71)79-38-21-32-48(26(3)78-38)80-51-52(76-5)77-20-19-60(32)51/h9,11-12,15-16,25-26,31-33,38,43,48,51-52,69,71,75H,6-8,10,13-14,17-24,55H2,1-5H3,(H2,56,74)(H,57,72)(H,58,65)(H,59,64)/t26-,31?,32-,33-,38-,43?,48+,51+,52-,54-/m0/s1. The van der Waals surface area contributed by atoms with E-state index in [9.17, 15) is 63.3 Å². The Kier molecular flexibility index (Phi) is 18.0. The highest BCUT2D eigenvalue weighted by molar-refractivity contribution is 6.32. The molecule has 2 aromatic rings. The summed E-state index contributed by atoms with van der Waals surface area (Å²) in [5, 5.41) is 43.5. The number of nitrogens with two attached hydrogens (primary N) is 2. The number of unbranched alkanes of at least 4 members (excludes halogenated alkanes) is 2. The van der Waals surface area contributed by atoms with Gasteiger partial charge >= 0.3 is 6.03 Å². The van der Waals surface area contributed by atoms with Gasteiger partial charge in [-0.05, 0) is 58.1 Å². The van der Waals surface area contributed by atoms with E-state index in [1.165, 1.54) is 37.5 Å². The fraction of sp³-hybridized carbons (Fsp3) is 0.556. The number of hydrogen-bond donors (Lipinski definition) is 8. The first-order valence-corrected chi connectivity index (χ1v) is 26.7. The highest BCUT2D eigenvalue weighted by atomic mass is 16.7. The van der Waals surface area contributed by atoms with E-state index in [0.29, 0.717) is 37.3 Å². The molecule has 0 radical (unpaired) electrons. The highest BCUT2D eigenvalue weighted by Gasteiger charge is 2.55. The summed E-state index contributed by atoms with van der Waals surface area (Å²) in [6, 6.07) is -0.676. The molecule has 8 amide bonds. The Balaban J connectivity index is 0.973. The minimum Gasteiger partial charge on any atom is -0.507 e. The van der Waals surface area contributed by atoms with E-state index in [2.05, 4.69) is 20.9 Å². The van der Waals surface area contributed by atoms with Gasteiger partial charge < -0.3 is 66.4 Å². The van der Waals surface area contributed by atoms with Crippen molar-refractivity contribution in [3.8, 4) is 11.5 Å². The number of anilines is 1. The zero-order valence-corrected chi connectivity index (χ0v) is 45.0. The lowest BCUT2D eigenvalue weighted by Crippen LogP contribution is -2.60. The quantitative estimate of drug-likeness (QED) is 0.0407. The maximum absolute atomic E-state index is 14.8. The number of ketones is 3. The maximum Gasteiger partial charge on any atom is 0.322 e. The number of primary amides is 1. The first kappa shape index (κ1) is 59.1. The average Bonchev–Trinajstić information content (AvgIpc) is 4.10. The molecule has 0 saturated carbocycles. The summed E-state index contributed by atoms with van der Waals surface area (Å²) in [5.41, 5.74) is 6.78. The Morgan fingerprint density at radius 2 is 1.65 bits per heavy atom. The van der Waals surface area contributed by atoms with Crippen LogP contribution in [0.5, 0.6) is 11.5 Å². The Bertz CT molecular complexity index is 2880. The largest absolute Gasteiger partial charge is 0.507 e. The van der Waals surface area contributed by atoms with Crippen LogP contribution in [-0.2, 0) is 63.7 Å². The van der Waals surface area contributed by atoms with Crippen molar-refractivity contribution in [3.63, 3.8) is 0 Å². The van der Waals surface area contributed by atoms with Gasteiger partial charge in [-0.1, -0.05) is 32.4 Å². The summed E-state index contributed by atoms with van der Waals surface area (Å²) < 4.78 is 30.4. The Morgan fingerprint density at radius 1 is 0.938 bits per heavy atom. The van der Waals surface area contributed by atoms with Crippen LogP contribution in [0.15, 0.2) is 30.4 Å². The highest BCUT2D eigenvalue weighted by Crippen LogP contribution is 2.53. The number of rotatable bonds is 21. The minimum absolute atomic E-state index is 0.0159. The third kappa shape index (κ3) is 11.6. The predicted octanol–water partition coefficient (Wildman–Crippen LogP) is 0.426. The van der Waals surface area contributed by atoms with Gasteiger partial charge in [-0.3, -0.25) is 57.9 Å². The van der Waals surface area contributed by atoms with Crippen LogP contribution in [0.2, 0.25) is 0 Å². The molecular formula is C54H68N8O18. The molecular weight excluding hydrogens is 1050 g/mol. The summed E-state index contributed by atoms with van der Waals surface area (Å²) in [6.45, 7) is 6.37. The maximum atomic E-state index is 14.8. The number of benzene rings is 2. The van der Waals surface area contributed by atoms with Crippen molar-refractivity contribution in [1.29, 1.82) is 0 Å². The predicted molar refractivity (Wildman–Crippen MR) is 277 cm³/mol. The molecule has 10 atom stereocenters. The number of phenolic OH excluding ortho intramolecular Hbond substituents is 2. The molecule has 432 valence electrons. The van der Waals surface area contributed by atoms with Crippen LogP contribution in [0.3, 0.4) is 0 Å². The number of amides is 8.